The fourth-order valence-corrected chi connectivity index (χ4v) is 3.76. The van der Waals surface area contributed by atoms with Gasteiger partial charge in [0.1, 0.15) is 49.9 Å². The first-order valence-corrected chi connectivity index (χ1v) is 9.84. The molecule has 3 aromatic heterocycles. The monoisotopic (exact) mass is 398 g/mol. The van der Waals surface area contributed by atoms with Crippen molar-refractivity contribution in [2.24, 2.45) is 0 Å². The number of esters is 1. The molecule has 9 nitrogen and oxygen atoms in total. The fraction of sp³-hybridized carbons (Fsp3) is 0.400. The second-order valence-corrected chi connectivity index (χ2v) is 7.12. The number of quaternary nitrogens is 1. The molecule has 0 atom stereocenters. The van der Waals surface area contributed by atoms with E-state index in [0.717, 1.165) is 32.0 Å². The summed E-state index contributed by atoms with van der Waals surface area (Å²) in [6, 6.07) is 6.10. The number of nitrogen functional groups attached to an aromatic ring is 1. The van der Waals surface area contributed by atoms with E-state index in [1.807, 2.05) is 18.3 Å². The van der Waals surface area contributed by atoms with Crippen molar-refractivity contribution >= 4 is 28.7 Å². The molecular formula is C20H26N6O3+2. The number of pyridine rings is 1. The van der Waals surface area contributed by atoms with Crippen LogP contribution in [-0.4, -0.2) is 48.7 Å². The number of carbonyl (C=O) groups is 1. The predicted molar refractivity (Wildman–Crippen MR) is 107 cm³/mol. The lowest BCUT2D eigenvalue weighted by atomic mass is 10.2. The van der Waals surface area contributed by atoms with E-state index in [2.05, 4.69) is 25.9 Å². The Morgan fingerprint density at radius 2 is 2.14 bits per heavy atom. The molecule has 1 saturated heterocycles. The molecule has 4 rings (SSSR count). The van der Waals surface area contributed by atoms with Gasteiger partial charge in [0.25, 0.3) is 5.82 Å². The minimum atomic E-state index is -0.466. The van der Waals surface area contributed by atoms with Crippen molar-refractivity contribution in [3.8, 4) is 0 Å². The minimum Gasteiger partial charge on any atom is -0.462 e. The quantitative estimate of drug-likeness (QED) is 0.582. The molecule has 0 bridgehead atoms. The second kappa shape index (κ2) is 8.04. The van der Waals surface area contributed by atoms with Gasteiger partial charge in [0.05, 0.1) is 18.2 Å². The van der Waals surface area contributed by atoms with Gasteiger partial charge in [-0.25, -0.2) is 14.8 Å². The molecule has 4 heterocycles. The van der Waals surface area contributed by atoms with E-state index in [1.165, 1.54) is 4.90 Å². The van der Waals surface area contributed by atoms with Crippen molar-refractivity contribution in [1.82, 2.24) is 9.97 Å². The number of carbonyl (C=O) groups excluding carboxylic acids is 1. The Labute approximate surface area is 168 Å². The van der Waals surface area contributed by atoms with Crippen LogP contribution >= 0.6 is 0 Å². The first kappa shape index (κ1) is 19.1. The van der Waals surface area contributed by atoms with E-state index >= 15 is 0 Å². The van der Waals surface area contributed by atoms with Crippen LogP contribution in [0.1, 0.15) is 28.9 Å². The Balaban J connectivity index is 1.49. The van der Waals surface area contributed by atoms with Crippen LogP contribution in [0.2, 0.25) is 0 Å². The van der Waals surface area contributed by atoms with Crippen LogP contribution < -0.4 is 20.5 Å². The molecule has 0 unspecified atom stereocenters. The summed E-state index contributed by atoms with van der Waals surface area (Å²) in [5.41, 5.74) is 6.82. The third kappa shape index (κ3) is 3.86. The average Bonchev–Trinajstić information content (AvgIpc) is 3.06. The summed E-state index contributed by atoms with van der Waals surface area (Å²) in [6.45, 7) is 8.22. The molecule has 1 fully saturated rings. The van der Waals surface area contributed by atoms with Gasteiger partial charge in [0.15, 0.2) is 5.82 Å². The molecule has 9 heteroatoms. The number of fused-ring (bicyclic) bond motifs is 1. The predicted octanol–water partition coefficient (Wildman–Crippen LogP) is 0.00932. The van der Waals surface area contributed by atoms with E-state index in [0.29, 0.717) is 34.8 Å². The number of H-pyrrole nitrogens is 1. The van der Waals surface area contributed by atoms with E-state index in [-0.39, 0.29) is 12.4 Å². The van der Waals surface area contributed by atoms with Crippen molar-refractivity contribution in [3.05, 3.63) is 41.5 Å². The molecule has 3 aromatic rings. The average molecular weight is 398 g/mol. The number of rotatable bonds is 5. The van der Waals surface area contributed by atoms with Crippen LogP contribution in [0.5, 0.6) is 0 Å². The zero-order valence-electron chi connectivity index (χ0n) is 16.7. The van der Waals surface area contributed by atoms with Crippen LogP contribution in [0.15, 0.2) is 28.8 Å². The number of hydrogen-bond acceptors (Lipinski definition) is 7. The Morgan fingerprint density at radius 1 is 1.34 bits per heavy atom. The number of anilines is 2. The Hall–Kier alpha value is -3.20. The first-order valence-electron chi connectivity index (χ1n) is 9.84. The lowest BCUT2D eigenvalue weighted by molar-refractivity contribution is -0.915. The maximum atomic E-state index is 12.2. The van der Waals surface area contributed by atoms with Crippen LogP contribution in [0.25, 0.3) is 11.1 Å². The summed E-state index contributed by atoms with van der Waals surface area (Å²) >= 11 is 0. The Bertz CT molecular complexity index is 1010. The van der Waals surface area contributed by atoms with Gasteiger partial charge in [0, 0.05) is 6.07 Å². The highest BCUT2D eigenvalue weighted by molar-refractivity contribution is 6.07. The number of furan rings is 1. The number of aromatic nitrogens is 3. The zero-order chi connectivity index (χ0) is 20.4. The lowest BCUT2D eigenvalue weighted by Crippen LogP contribution is -3.13. The summed E-state index contributed by atoms with van der Waals surface area (Å²) in [5, 5.41) is 0.434. The highest BCUT2D eigenvalue weighted by Crippen LogP contribution is 2.28. The van der Waals surface area contributed by atoms with Crippen LogP contribution in [0.4, 0.5) is 11.6 Å². The molecular weight excluding hydrogens is 372 g/mol. The van der Waals surface area contributed by atoms with Crippen LogP contribution in [-0.2, 0) is 11.3 Å². The molecule has 0 amide bonds. The number of hydrogen-bond donors (Lipinski definition) is 2. The smallest absolute Gasteiger partial charge is 0.342 e. The third-order valence-electron chi connectivity index (χ3n) is 5.19. The van der Waals surface area contributed by atoms with Gasteiger partial charge >= 0.3 is 5.97 Å². The highest BCUT2D eigenvalue weighted by atomic mass is 16.5. The molecule has 1 aliphatic rings. The highest BCUT2D eigenvalue weighted by Gasteiger charge is 2.28. The van der Waals surface area contributed by atoms with E-state index < -0.39 is 5.97 Å². The molecule has 1 aliphatic heterocycles. The molecule has 0 saturated carbocycles. The number of nitrogens with zero attached hydrogens (tertiary/aromatic N) is 3. The van der Waals surface area contributed by atoms with Gasteiger partial charge in [-0.05, 0) is 19.9 Å². The van der Waals surface area contributed by atoms with Gasteiger partial charge < -0.3 is 19.8 Å². The van der Waals surface area contributed by atoms with Crippen molar-refractivity contribution in [2.75, 3.05) is 43.4 Å². The SMILES string of the molecule is CCOC(=O)c1c(C)oc2nc(C[NH+]3CCN(c4cccc[nH+]4)CC3)nc(N)c12. The minimum absolute atomic E-state index is 0.252. The number of piperazine rings is 1. The molecule has 4 N–H and O–H groups in total. The van der Waals surface area contributed by atoms with E-state index in [9.17, 15) is 4.79 Å². The van der Waals surface area contributed by atoms with Gasteiger partial charge in [0.2, 0.25) is 5.71 Å². The van der Waals surface area contributed by atoms with Crippen molar-refractivity contribution < 1.29 is 23.8 Å². The number of nitrogens with two attached hydrogens (primary N) is 1. The number of ether oxygens (including phenoxy) is 1. The summed E-state index contributed by atoms with van der Waals surface area (Å²) in [7, 11) is 0. The molecule has 152 valence electrons. The second-order valence-electron chi connectivity index (χ2n) is 7.12. The summed E-state index contributed by atoms with van der Waals surface area (Å²) in [4.78, 5) is 28.2. The van der Waals surface area contributed by atoms with Gasteiger partial charge in [-0.1, -0.05) is 6.07 Å². The van der Waals surface area contributed by atoms with Crippen molar-refractivity contribution in [3.63, 3.8) is 0 Å². The lowest BCUT2D eigenvalue weighted by Gasteiger charge is -2.27. The van der Waals surface area contributed by atoms with E-state index in [4.69, 9.17) is 14.9 Å². The molecule has 0 radical (unpaired) electrons. The van der Waals surface area contributed by atoms with Crippen LogP contribution in [0, 0.1) is 6.92 Å². The Kier molecular flexibility index (Phi) is 5.30. The third-order valence-corrected chi connectivity index (χ3v) is 5.19. The number of aromatic amines is 1. The Morgan fingerprint density at radius 3 is 2.83 bits per heavy atom. The maximum absolute atomic E-state index is 12.2. The van der Waals surface area contributed by atoms with Crippen LogP contribution in [0.3, 0.4) is 0 Å². The van der Waals surface area contributed by atoms with E-state index in [1.54, 1.807) is 13.8 Å². The zero-order valence-corrected chi connectivity index (χ0v) is 16.7. The summed E-state index contributed by atoms with van der Waals surface area (Å²) in [5.74, 6) is 1.98. The standard InChI is InChI=1S/C20H24N6O3/c1-3-28-20(27)16-13(2)29-19-17(16)18(21)23-14(24-19)12-25-8-10-26(11-9-25)15-6-4-5-7-22-15/h4-7H,3,8-12H2,1-2H3,(H2,21,23,24)/p+2. The van der Waals surface area contributed by atoms with Gasteiger partial charge in [-0.3, -0.25) is 4.90 Å². The first-order chi connectivity index (χ1) is 14.1. The fourth-order valence-electron chi connectivity index (χ4n) is 3.76. The maximum Gasteiger partial charge on any atom is 0.342 e. The topological polar surface area (TPSA) is 113 Å². The van der Waals surface area contributed by atoms with Crippen molar-refractivity contribution in [1.29, 1.82) is 0 Å². The van der Waals surface area contributed by atoms with Crippen molar-refractivity contribution in [2.45, 2.75) is 20.4 Å². The summed E-state index contributed by atoms with van der Waals surface area (Å²) < 4.78 is 10.8. The summed E-state index contributed by atoms with van der Waals surface area (Å²) in [6.07, 6.45) is 1.94. The molecule has 29 heavy (non-hydrogen) atoms. The van der Waals surface area contributed by atoms with Gasteiger partial charge in [-0.15, -0.1) is 0 Å². The molecule has 0 aliphatic carbocycles. The largest absolute Gasteiger partial charge is 0.462 e. The number of aryl methyl sites for hydroxylation is 1. The normalized spacial score (nSPS) is 15.0. The molecule has 0 spiro atoms. The van der Waals surface area contributed by atoms with Gasteiger partial charge in [-0.2, -0.15) is 4.98 Å². The number of nitrogens with one attached hydrogen (secondary N) is 2. The molecule has 0 aromatic carbocycles.